The SMILES string of the molecule is CC(C)[Si](O[C@H]1CCN2CCCC[C@H]2C1)(C(C)C)C(C)C. The molecule has 2 saturated heterocycles. The molecule has 2 atom stereocenters. The van der Waals surface area contributed by atoms with Gasteiger partial charge in [0, 0.05) is 18.7 Å². The van der Waals surface area contributed by atoms with Gasteiger partial charge in [-0.25, -0.2) is 0 Å². The van der Waals surface area contributed by atoms with Gasteiger partial charge in [0.05, 0.1) is 0 Å². The average Bonchev–Trinajstić information content (AvgIpc) is 2.43. The van der Waals surface area contributed by atoms with E-state index >= 15 is 0 Å². The van der Waals surface area contributed by atoms with Crippen molar-refractivity contribution in [3.8, 4) is 0 Å². The van der Waals surface area contributed by atoms with Crippen LogP contribution in [0.3, 0.4) is 0 Å². The van der Waals surface area contributed by atoms with E-state index in [0.717, 1.165) is 6.04 Å². The van der Waals surface area contributed by atoms with Crippen molar-refractivity contribution in [2.24, 2.45) is 0 Å². The third kappa shape index (κ3) is 3.56. The van der Waals surface area contributed by atoms with E-state index in [9.17, 15) is 0 Å². The van der Waals surface area contributed by atoms with Crippen molar-refractivity contribution in [3.05, 3.63) is 0 Å². The number of fused-ring (bicyclic) bond motifs is 1. The Labute approximate surface area is 133 Å². The third-order valence-electron chi connectivity index (χ3n) is 6.10. The summed E-state index contributed by atoms with van der Waals surface area (Å²) in [6, 6.07) is 0.815. The second kappa shape index (κ2) is 7.14. The first kappa shape index (κ1) is 17.5. The van der Waals surface area contributed by atoms with E-state index < -0.39 is 8.32 Å². The molecule has 2 aliphatic heterocycles. The smallest absolute Gasteiger partial charge is 0.200 e. The van der Waals surface area contributed by atoms with Gasteiger partial charge in [0.1, 0.15) is 0 Å². The van der Waals surface area contributed by atoms with Crippen LogP contribution in [-0.2, 0) is 4.43 Å². The Morgan fingerprint density at radius 1 is 0.857 bits per heavy atom. The summed E-state index contributed by atoms with van der Waals surface area (Å²) in [5.41, 5.74) is 2.13. The molecular formula is C18H37NOSi. The first-order valence-electron chi connectivity index (χ1n) is 9.29. The third-order valence-corrected chi connectivity index (χ3v) is 12.3. The van der Waals surface area contributed by atoms with Crippen molar-refractivity contribution in [2.45, 2.75) is 102 Å². The Morgan fingerprint density at radius 3 is 2.05 bits per heavy atom. The van der Waals surface area contributed by atoms with Crippen molar-refractivity contribution >= 4 is 8.32 Å². The van der Waals surface area contributed by atoms with E-state index in [0.29, 0.717) is 22.7 Å². The van der Waals surface area contributed by atoms with Gasteiger partial charge in [0.2, 0.25) is 8.32 Å². The van der Waals surface area contributed by atoms with Gasteiger partial charge in [-0.05, 0) is 48.9 Å². The normalized spacial score (nSPS) is 28.4. The lowest BCUT2D eigenvalue weighted by Crippen LogP contribution is -2.54. The molecule has 0 spiro atoms. The zero-order valence-electron chi connectivity index (χ0n) is 15.2. The zero-order chi connectivity index (χ0) is 15.6. The Kier molecular flexibility index (Phi) is 5.95. The highest BCUT2D eigenvalue weighted by Crippen LogP contribution is 2.44. The van der Waals surface area contributed by atoms with E-state index in [2.05, 4.69) is 46.4 Å². The lowest BCUT2D eigenvalue weighted by Gasteiger charge is -2.49. The number of hydrogen-bond acceptors (Lipinski definition) is 2. The Morgan fingerprint density at radius 2 is 1.48 bits per heavy atom. The number of piperidine rings is 2. The topological polar surface area (TPSA) is 12.5 Å². The van der Waals surface area contributed by atoms with Gasteiger partial charge in [-0.3, -0.25) is 0 Å². The second-order valence-corrected chi connectivity index (χ2v) is 13.7. The summed E-state index contributed by atoms with van der Waals surface area (Å²) >= 11 is 0. The number of nitrogens with zero attached hydrogens (tertiary/aromatic N) is 1. The minimum absolute atomic E-state index is 0.531. The molecule has 0 saturated carbocycles. The van der Waals surface area contributed by atoms with Crippen LogP contribution in [0.5, 0.6) is 0 Å². The molecule has 0 aromatic carbocycles. The largest absolute Gasteiger partial charge is 0.413 e. The summed E-state index contributed by atoms with van der Waals surface area (Å²) in [5, 5.41) is 0. The molecule has 0 aromatic heterocycles. The lowest BCUT2D eigenvalue weighted by molar-refractivity contribution is 0.0273. The summed E-state index contributed by atoms with van der Waals surface area (Å²) < 4.78 is 7.02. The van der Waals surface area contributed by atoms with Crippen molar-refractivity contribution in [1.29, 1.82) is 0 Å². The minimum atomic E-state index is -1.69. The van der Waals surface area contributed by atoms with Crippen molar-refractivity contribution in [3.63, 3.8) is 0 Å². The van der Waals surface area contributed by atoms with Gasteiger partial charge in [-0.15, -0.1) is 0 Å². The molecule has 2 heterocycles. The summed E-state index contributed by atoms with van der Waals surface area (Å²) in [6.07, 6.45) is 7.32. The maximum absolute atomic E-state index is 7.02. The van der Waals surface area contributed by atoms with Gasteiger partial charge < -0.3 is 9.33 Å². The van der Waals surface area contributed by atoms with Crippen LogP contribution in [0.1, 0.15) is 73.6 Å². The van der Waals surface area contributed by atoms with Crippen LogP contribution in [-0.4, -0.2) is 38.5 Å². The van der Waals surface area contributed by atoms with E-state index in [1.165, 1.54) is 45.2 Å². The van der Waals surface area contributed by atoms with Gasteiger partial charge in [-0.2, -0.15) is 0 Å². The van der Waals surface area contributed by atoms with Crippen LogP contribution in [0.2, 0.25) is 16.6 Å². The minimum Gasteiger partial charge on any atom is -0.413 e. The average molecular weight is 312 g/mol. The van der Waals surface area contributed by atoms with Gasteiger partial charge >= 0.3 is 0 Å². The fourth-order valence-corrected chi connectivity index (χ4v) is 10.8. The number of hydrogen-bond donors (Lipinski definition) is 0. The fourth-order valence-electron chi connectivity index (χ4n) is 5.16. The highest BCUT2D eigenvalue weighted by Gasteiger charge is 2.47. The quantitative estimate of drug-likeness (QED) is 0.647. The summed E-state index contributed by atoms with van der Waals surface area (Å²) in [5.74, 6) is 0. The molecule has 0 aliphatic carbocycles. The van der Waals surface area contributed by atoms with E-state index in [-0.39, 0.29) is 0 Å². The highest BCUT2D eigenvalue weighted by molar-refractivity contribution is 6.77. The zero-order valence-corrected chi connectivity index (χ0v) is 16.2. The standard InChI is InChI=1S/C18H37NOSi/c1-14(2)21(15(3)4,16(5)6)20-18-10-12-19-11-8-7-9-17(19)13-18/h14-18H,7-13H2,1-6H3/t17-,18-/m0/s1. The van der Waals surface area contributed by atoms with Crippen LogP contribution in [0.4, 0.5) is 0 Å². The summed E-state index contributed by atoms with van der Waals surface area (Å²) in [4.78, 5) is 2.73. The predicted molar refractivity (Wildman–Crippen MR) is 94.4 cm³/mol. The monoisotopic (exact) mass is 311 g/mol. The van der Waals surface area contributed by atoms with Crippen LogP contribution >= 0.6 is 0 Å². The molecule has 124 valence electrons. The second-order valence-electron chi connectivity index (χ2n) is 8.27. The van der Waals surface area contributed by atoms with Crippen LogP contribution in [0.15, 0.2) is 0 Å². The molecular weight excluding hydrogens is 274 g/mol. The Bertz CT molecular complexity index is 307. The highest BCUT2D eigenvalue weighted by atomic mass is 28.4. The molecule has 2 nitrogen and oxygen atoms in total. The van der Waals surface area contributed by atoms with Gasteiger partial charge in [0.25, 0.3) is 0 Å². The van der Waals surface area contributed by atoms with Crippen molar-refractivity contribution in [2.75, 3.05) is 13.1 Å². The maximum atomic E-state index is 7.02. The lowest BCUT2D eigenvalue weighted by atomic mass is 9.92. The van der Waals surface area contributed by atoms with Crippen molar-refractivity contribution in [1.82, 2.24) is 4.90 Å². The molecule has 0 radical (unpaired) electrons. The molecule has 0 amide bonds. The van der Waals surface area contributed by atoms with Crippen LogP contribution < -0.4 is 0 Å². The molecule has 2 rings (SSSR count). The molecule has 2 fully saturated rings. The Balaban J connectivity index is 2.07. The predicted octanol–water partition coefficient (Wildman–Crippen LogP) is 5.20. The molecule has 0 bridgehead atoms. The maximum Gasteiger partial charge on any atom is 0.200 e. The van der Waals surface area contributed by atoms with Crippen molar-refractivity contribution < 1.29 is 4.43 Å². The van der Waals surface area contributed by atoms with E-state index in [1.807, 2.05) is 0 Å². The summed E-state index contributed by atoms with van der Waals surface area (Å²) in [7, 11) is -1.69. The molecule has 3 heteroatoms. The first-order valence-corrected chi connectivity index (χ1v) is 11.4. The van der Waals surface area contributed by atoms with Gasteiger partial charge in [-0.1, -0.05) is 48.0 Å². The van der Waals surface area contributed by atoms with E-state index in [4.69, 9.17) is 4.43 Å². The Hall–Kier alpha value is 0.137. The molecule has 0 unspecified atom stereocenters. The van der Waals surface area contributed by atoms with Gasteiger partial charge in [0.15, 0.2) is 0 Å². The fraction of sp³-hybridized carbons (Fsp3) is 1.00. The molecule has 0 aromatic rings. The number of rotatable bonds is 5. The van der Waals surface area contributed by atoms with E-state index in [1.54, 1.807) is 0 Å². The molecule has 21 heavy (non-hydrogen) atoms. The van der Waals surface area contributed by atoms with Crippen LogP contribution in [0.25, 0.3) is 0 Å². The molecule has 0 N–H and O–H groups in total. The summed E-state index contributed by atoms with van der Waals surface area (Å²) in [6.45, 7) is 17.0. The molecule has 2 aliphatic rings. The van der Waals surface area contributed by atoms with Crippen LogP contribution in [0, 0.1) is 0 Å². The first-order chi connectivity index (χ1) is 9.87.